The van der Waals surface area contributed by atoms with E-state index in [1.165, 1.54) is 38.9 Å². The molecule has 2 heteroatoms. The van der Waals surface area contributed by atoms with Crippen LogP contribution in [0.2, 0.25) is 0 Å². The van der Waals surface area contributed by atoms with Gasteiger partial charge >= 0.3 is 0 Å². The molecule has 0 bridgehead atoms. The minimum atomic E-state index is -0.486. The third-order valence-electron chi connectivity index (χ3n) is 2.59. The summed E-state index contributed by atoms with van der Waals surface area (Å²) in [6.07, 6.45) is 5.74. The summed E-state index contributed by atoms with van der Waals surface area (Å²) in [5, 5.41) is 9.58. The smallest absolute Gasteiger partial charge is 0.0591 e. The number of hydrogen-bond acceptors (Lipinski definition) is 2. The second-order valence-electron chi connectivity index (χ2n) is 5.11. The third-order valence-corrected chi connectivity index (χ3v) is 2.59. The minimum absolute atomic E-state index is 0.486. The first-order valence-electron chi connectivity index (χ1n) is 6.44. The zero-order valence-corrected chi connectivity index (χ0v) is 11.1. The average molecular weight is 215 g/mol. The highest BCUT2D eigenvalue weighted by Gasteiger charge is 2.11. The first kappa shape index (κ1) is 14.9. The lowest BCUT2D eigenvalue weighted by Crippen LogP contribution is -2.27. The van der Waals surface area contributed by atoms with Crippen LogP contribution in [0.15, 0.2) is 0 Å². The van der Waals surface area contributed by atoms with Gasteiger partial charge in [-0.05, 0) is 65.6 Å². The van der Waals surface area contributed by atoms with Crippen molar-refractivity contribution in [3.63, 3.8) is 0 Å². The molecule has 0 spiro atoms. The molecule has 0 aliphatic carbocycles. The van der Waals surface area contributed by atoms with Crippen molar-refractivity contribution < 1.29 is 5.11 Å². The Morgan fingerprint density at radius 2 is 1.47 bits per heavy atom. The first-order valence-corrected chi connectivity index (χ1v) is 6.44. The van der Waals surface area contributed by atoms with Crippen molar-refractivity contribution in [3.05, 3.63) is 0 Å². The maximum atomic E-state index is 9.58. The fraction of sp³-hybridized carbons (Fsp3) is 1.00. The Morgan fingerprint density at radius 3 is 1.87 bits per heavy atom. The van der Waals surface area contributed by atoms with Crippen molar-refractivity contribution in [2.45, 2.75) is 65.4 Å². The molecule has 0 unspecified atom stereocenters. The molecule has 15 heavy (non-hydrogen) atoms. The van der Waals surface area contributed by atoms with Crippen LogP contribution in [0.3, 0.4) is 0 Å². The van der Waals surface area contributed by atoms with Crippen molar-refractivity contribution in [2.75, 3.05) is 19.6 Å². The van der Waals surface area contributed by atoms with Crippen LogP contribution in [-0.2, 0) is 0 Å². The predicted octanol–water partition coefficient (Wildman–Crippen LogP) is 3.05. The normalized spacial score (nSPS) is 12.4. The van der Waals surface area contributed by atoms with Gasteiger partial charge < -0.3 is 10.0 Å². The lowest BCUT2D eigenvalue weighted by atomic mass is 10.0. The van der Waals surface area contributed by atoms with Gasteiger partial charge in [0.15, 0.2) is 0 Å². The SMILES string of the molecule is CCCN(CCC)CCCCC(C)(C)O. The van der Waals surface area contributed by atoms with Gasteiger partial charge in [0.05, 0.1) is 5.60 Å². The molecular formula is C13H29NO. The Kier molecular flexibility index (Phi) is 8.07. The highest BCUT2D eigenvalue weighted by molar-refractivity contribution is 4.65. The Bertz CT molecular complexity index is 134. The molecule has 0 heterocycles. The Labute approximate surface area is 95.7 Å². The van der Waals surface area contributed by atoms with Crippen molar-refractivity contribution in [2.24, 2.45) is 0 Å². The topological polar surface area (TPSA) is 23.5 Å². The summed E-state index contributed by atoms with van der Waals surface area (Å²) in [7, 11) is 0. The maximum Gasteiger partial charge on any atom is 0.0591 e. The van der Waals surface area contributed by atoms with Crippen LogP contribution in [0.4, 0.5) is 0 Å². The van der Waals surface area contributed by atoms with Gasteiger partial charge in [0.2, 0.25) is 0 Å². The van der Waals surface area contributed by atoms with Crippen LogP contribution in [0, 0.1) is 0 Å². The molecule has 0 aromatic rings. The molecule has 0 atom stereocenters. The molecule has 0 saturated heterocycles. The Balaban J connectivity index is 3.52. The highest BCUT2D eigenvalue weighted by atomic mass is 16.3. The van der Waals surface area contributed by atoms with Crippen LogP contribution < -0.4 is 0 Å². The number of hydrogen-bond donors (Lipinski definition) is 1. The van der Waals surface area contributed by atoms with Gasteiger partial charge in [0, 0.05) is 0 Å². The second-order valence-corrected chi connectivity index (χ2v) is 5.11. The van der Waals surface area contributed by atoms with Crippen molar-refractivity contribution >= 4 is 0 Å². The van der Waals surface area contributed by atoms with Crippen LogP contribution >= 0.6 is 0 Å². The monoisotopic (exact) mass is 215 g/mol. The summed E-state index contributed by atoms with van der Waals surface area (Å²) in [6.45, 7) is 11.9. The van der Waals surface area contributed by atoms with E-state index in [9.17, 15) is 5.11 Å². The number of aliphatic hydroxyl groups is 1. The van der Waals surface area contributed by atoms with E-state index in [1.54, 1.807) is 0 Å². The van der Waals surface area contributed by atoms with Gasteiger partial charge in [-0.15, -0.1) is 0 Å². The quantitative estimate of drug-likeness (QED) is 0.598. The van der Waals surface area contributed by atoms with E-state index in [-0.39, 0.29) is 0 Å². The fourth-order valence-electron chi connectivity index (χ4n) is 1.86. The summed E-state index contributed by atoms with van der Waals surface area (Å²) < 4.78 is 0. The molecule has 0 fully saturated rings. The van der Waals surface area contributed by atoms with Crippen LogP contribution in [0.5, 0.6) is 0 Å². The van der Waals surface area contributed by atoms with E-state index < -0.39 is 5.60 Å². The third kappa shape index (κ3) is 10.2. The summed E-state index contributed by atoms with van der Waals surface area (Å²) in [5.74, 6) is 0. The van der Waals surface area contributed by atoms with Gasteiger partial charge in [0.1, 0.15) is 0 Å². The van der Waals surface area contributed by atoms with Crippen molar-refractivity contribution in [1.82, 2.24) is 4.90 Å². The van der Waals surface area contributed by atoms with E-state index in [0.29, 0.717) is 0 Å². The van der Waals surface area contributed by atoms with Crippen LogP contribution in [0.25, 0.3) is 0 Å². The van der Waals surface area contributed by atoms with Crippen LogP contribution in [0.1, 0.15) is 59.8 Å². The largest absolute Gasteiger partial charge is 0.390 e. The lowest BCUT2D eigenvalue weighted by Gasteiger charge is -2.22. The summed E-state index contributed by atoms with van der Waals surface area (Å²) in [6, 6.07) is 0. The zero-order valence-electron chi connectivity index (χ0n) is 11.1. The highest BCUT2D eigenvalue weighted by Crippen LogP contribution is 2.12. The van der Waals surface area contributed by atoms with E-state index in [4.69, 9.17) is 0 Å². The number of unbranched alkanes of at least 4 members (excludes halogenated alkanes) is 1. The van der Waals surface area contributed by atoms with Gasteiger partial charge in [-0.25, -0.2) is 0 Å². The van der Waals surface area contributed by atoms with Gasteiger partial charge in [0.25, 0.3) is 0 Å². The standard InChI is InChI=1S/C13H29NO/c1-5-10-14(11-6-2)12-8-7-9-13(3,4)15/h15H,5-12H2,1-4H3. The molecule has 0 aliphatic rings. The van der Waals surface area contributed by atoms with E-state index in [1.807, 2.05) is 13.8 Å². The van der Waals surface area contributed by atoms with E-state index in [0.717, 1.165) is 12.8 Å². The average Bonchev–Trinajstić information content (AvgIpc) is 2.11. The summed E-state index contributed by atoms with van der Waals surface area (Å²) >= 11 is 0. The minimum Gasteiger partial charge on any atom is -0.390 e. The summed E-state index contributed by atoms with van der Waals surface area (Å²) in [4.78, 5) is 2.53. The lowest BCUT2D eigenvalue weighted by molar-refractivity contribution is 0.0671. The Hall–Kier alpha value is -0.0800. The molecule has 0 radical (unpaired) electrons. The number of nitrogens with zero attached hydrogens (tertiary/aromatic N) is 1. The molecule has 0 aliphatic heterocycles. The molecule has 0 amide bonds. The zero-order chi connectivity index (χ0) is 11.7. The number of rotatable bonds is 9. The fourth-order valence-corrected chi connectivity index (χ4v) is 1.86. The molecule has 0 aromatic heterocycles. The van der Waals surface area contributed by atoms with Crippen molar-refractivity contribution in [3.8, 4) is 0 Å². The molecular weight excluding hydrogens is 186 g/mol. The van der Waals surface area contributed by atoms with Crippen molar-refractivity contribution in [1.29, 1.82) is 0 Å². The van der Waals surface area contributed by atoms with Crippen LogP contribution in [-0.4, -0.2) is 35.2 Å². The Morgan fingerprint density at radius 1 is 0.933 bits per heavy atom. The first-order chi connectivity index (χ1) is 6.99. The maximum absolute atomic E-state index is 9.58. The molecule has 92 valence electrons. The van der Waals surface area contributed by atoms with Gasteiger partial charge in [-0.3, -0.25) is 0 Å². The predicted molar refractivity (Wildman–Crippen MR) is 67.2 cm³/mol. The molecule has 0 saturated carbocycles. The van der Waals surface area contributed by atoms with E-state index in [2.05, 4.69) is 18.7 Å². The van der Waals surface area contributed by atoms with Gasteiger partial charge in [-0.1, -0.05) is 13.8 Å². The molecule has 2 nitrogen and oxygen atoms in total. The van der Waals surface area contributed by atoms with E-state index >= 15 is 0 Å². The molecule has 1 N–H and O–H groups in total. The molecule has 0 rings (SSSR count). The second kappa shape index (κ2) is 8.12. The molecule has 0 aromatic carbocycles. The van der Waals surface area contributed by atoms with Gasteiger partial charge in [-0.2, -0.15) is 0 Å². The summed E-state index contributed by atoms with van der Waals surface area (Å²) in [5.41, 5.74) is -0.486.